The fraction of sp³-hybridized carbons (Fsp3) is 0.609. The highest BCUT2D eigenvalue weighted by Crippen LogP contribution is 2.30. The summed E-state index contributed by atoms with van der Waals surface area (Å²) in [6.45, 7) is -0.0398. The van der Waals surface area contributed by atoms with E-state index in [0.29, 0.717) is 36.9 Å². The third kappa shape index (κ3) is 5.28. The van der Waals surface area contributed by atoms with Gasteiger partial charge in [-0.25, -0.2) is 14.8 Å². The van der Waals surface area contributed by atoms with Gasteiger partial charge in [-0.2, -0.15) is 9.49 Å². The molecular weight excluding hydrogens is 445 g/mol. The van der Waals surface area contributed by atoms with E-state index >= 15 is 0 Å². The molecule has 0 saturated heterocycles. The lowest BCUT2D eigenvalue weighted by Gasteiger charge is -2.26. The Morgan fingerprint density at radius 2 is 1.97 bits per heavy atom. The number of carboxylic acids is 1. The second-order valence-corrected chi connectivity index (χ2v) is 9.03. The summed E-state index contributed by atoms with van der Waals surface area (Å²) in [4.78, 5) is 33.4. The van der Waals surface area contributed by atoms with Gasteiger partial charge in [0.1, 0.15) is 12.7 Å². The highest BCUT2D eigenvalue weighted by atomic mass is 19.1. The van der Waals surface area contributed by atoms with Crippen molar-refractivity contribution in [1.82, 2.24) is 24.6 Å². The van der Waals surface area contributed by atoms with Crippen LogP contribution < -0.4 is 4.74 Å². The number of hydrogen-bond donors (Lipinski definition) is 1. The minimum Gasteiger partial charge on any atom is -0.481 e. The first-order valence-electron chi connectivity index (χ1n) is 11.7. The molecule has 2 aliphatic carbocycles. The number of aryl methyl sites for hydroxylation is 1. The summed E-state index contributed by atoms with van der Waals surface area (Å²) in [5.74, 6) is -2.51. The van der Waals surface area contributed by atoms with E-state index in [1.807, 2.05) is 0 Å². The molecule has 0 spiro atoms. The molecule has 2 heterocycles. The fourth-order valence-electron chi connectivity index (χ4n) is 4.72. The predicted molar refractivity (Wildman–Crippen MR) is 118 cm³/mol. The maximum atomic E-state index is 14.7. The molecule has 34 heavy (non-hydrogen) atoms. The molecule has 10 nitrogen and oxygen atoms in total. The molecule has 2 aromatic rings. The van der Waals surface area contributed by atoms with Gasteiger partial charge in [-0.3, -0.25) is 9.48 Å². The van der Waals surface area contributed by atoms with Crippen molar-refractivity contribution in [2.24, 2.45) is 13.0 Å². The van der Waals surface area contributed by atoms with Gasteiger partial charge in [0.15, 0.2) is 0 Å². The molecule has 1 amide bonds. The van der Waals surface area contributed by atoms with Crippen LogP contribution in [-0.2, 0) is 23.2 Å². The Hall–Kier alpha value is -3.24. The van der Waals surface area contributed by atoms with Crippen molar-refractivity contribution in [3.8, 4) is 17.1 Å². The van der Waals surface area contributed by atoms with Crippen molar-refractivity contribution in [3.05, 3.63) is 24.0 Å². The molecule has 2 fully saturated rings. The molecule has 1 N–H and O–H groups in total. The second-order valence-electron chi connectivity index (χ2n) is 9.03. The van der Waals surface area contributed by atoms with Gasteiger partial charge >= 0.3 is 12.1 Å². The Labute approximate surface area is 197 Å². The third-order valence-corrected chi connectivity index (χ3v) is 6.78. The van der Waals surface area contributed by atoms with Crippen LogP contribution >= 0.6 is 0 Å². The zero-order valence-corrected chi connectivity index (χ0v) is 19.4. The minimum absolute atomic E-state index is 0.0398. The molecule has 0 aromatic carbocycles. The smallest absolute Gasteiger partial charge is 0.410 e. The third-order valence-electron chi connectivity index (χ3n) is 6.78. The van der Waals surface area contributed by atoms with E-state index in [-0.39, 0.29) is 24.2 Å². The molecule has 2 atom stereocenters. The first kappa shape index (κ1) is 23.9. The maximum Gasteiger partial charge on any atom is 0.410 e. The molecule has 2 saturated carbocycles. The van der Waals surface area contributed by atoms with E-state index in [1.54, 1.807) is 23.7 Å². The van der Waals surface area contributed by atoms with Gasteiger partial charge in [-0.1, -0.05) is 12.8 Å². The molecule has 0 aliphatic heterocycles. The van der Waals surface area contributed by atoms with Crippen LogP contribution in [0.5, 0.6) is 5.88 Å². The number of carbonyl (C=O) groups is 2. The zero-order valence-electron chi connectivity index (χ0n) is 19.4. The number of aliphatic carboxylic acids is 1. The molecular formula is C23H30FN5O5. The van der Waals surface area contributed by atoms with Crippen molar-refractivity contribution in [2.75, 3.05) is 7.05 Å². The zero-order chi connectivity index (χ0) is 24.2. The first-order valence-corrected chi connectivity index (χ1v) is 11.7. The van der Waals surface area contributed by atoms with Crippen molar-refractivity contribution in [3.63, 3.8) is 0 Å². The normalized spacial score (nSPS) is 20.8. The molecule has 0 radical (unpaired) electrons. The van der Waals surface area contributed by atoms with Crippen molar-refractivity contribution in [2.45, 2.75) is 70.1 Å². The average Bonchev–Trinajstić information content (AvgIpc) is 3.48. The van der Waals surface area contributed by atoms with Gasteiger partial charge in [0, 0.05) is 25.7 Å². The SMILES string of the molecule is CN(C(=O)OCc1c(-c2cnc(O[C@H]3CCC[C@H](C(=O)O)C3)c(F)n2)cnn1C)C1CCCC1. The number of carbonyl (C=O) groups excluding carboxylic acids is 1. The Kier molecular flexibility index (Phi) is 7.28. The maximum absolute atomic E-state index is 14.7. The van der Waals surface area contributed by atoms with E-state index in [2.05, 4.69) is 15.1 Å². The monoisotopic (exact) mass is 475 g/mol. The van der Waals surface area contributed by atoms with E-state index in [9.17, 15) is 19.1 Å². The molecule has 0 unspecified atom stereocenters. The molecule has 2 aliphatic rings. The lowest BCUT2D eigenvalue weighted by molar-refractivity contribution is -0.143. The first-order chi connectivity index (χ1) is 16.3. The minimum atomic E-state index is -0.886. The van der Waals surface area contributed by atoms with Crippen LogP contribution in [0.4, 0.5) is 9.18 Å². The van der Waals surface area contributed by atoms with Gasteiger partial charge in [-0.15, -0.1) is 0 Å². The number of rotatable bonds is 7. The molecule has 0 bridgehead atoms. The summed E-state index contributed by atoms with van der Waals surface area (Å²) in [6, 6.07) is 0.195. The average molecular weight is 476 g/mol. The standard InChI is InChI=1S/C23H30FN5O5/c1-28(15-7-3-4-8-15)23(32)33-13-19-17(11-26-29(19)2)18-12-25-21(20(24)27-18)34-16-9-5-6-14(10-16)22(30)31/h11-12,14-16H,3-10,13H2,1-2H3,(H,30,31)/t14-,16-/m0/s1. The molecule has 2 aromatic heterocycles. The fourth-order valence-corrected chi connectivity index (χ4v) is 4.72. The van der Waals surface area contributed by atoms with Crippen LogP contribution in [0.2, 0.25) is 0 Å². The van der Waals surface area contributed by atoms with Crippen molar-refractivity contribution >= 4 is 12.1 Å². The Morgan fingerprint density at radius 3 is 2.68 bits per heavy atom. The number of nitrogens with zero attached hydrogens (tertiary/aromatic N) is 5. The van der Waals surface area contributed by atoms with E-state index in [4.69, 9.17) is 9.47 Å². The number of ether oxygens (including phenoxy) is 2. The summed E-state index contributed by atoms with van der Waals surface area (Å²) >= 11 is 0. The molecule has 4 rings (SSSR count). The van der Waals surface area contributed by atoms with Gasteiger partial charge in [0.2, 0.25) is 0 Å². The number of aromatic nitrogens is 4. The quantitative estimate of drug-likeness (QED) is 0.646. The summed E-state index contributed by atoms with van der Waals surface area (Å²) in [5, 5.41) is 13.4. The number of halogens is 1. The topological polar surface area (TPSA) is 120 Å². The van der Waals surface area contributed by atoms with Gasteiger partial charge in [0.05, 0.1) is 29.7 Å². The predicted octanol–water partition coefficient (Wildman–Crippen LogP) is 3.55. The van der Waals surface area contributed by atoms with Gasteiger partial charge in [-0.05, 0) is 38.5 Å². The van der Waals surface area contributed by atoms with Crippen LogP contribution in [0, 0.1) is 11.9 Å². The number of hydrogen-bond acceptors (Lipinski definition) is 7. The van der Waals surface area contributed by atoms with Crippen molar-refractivity contribution in [1.29, 1.82) is 0 Å². The lowest BCUT2D eigenvalue weighted by Crippen LogP contribution is -2.35. The Morgan fingerprint density at radius 1 is 1.21 bits per heavy atom. The largest absolute Gasteiger partial charge is 0.481 e. The summed E-state index contributed by atoms with van der Waals surface area (Å²) < 4.78 is 27.4. The van der Waals surface area contributed by atoms with E-state index in [1.165, 1.54) is 12.4 Å². The van der Waals surface area contributed by atoms with Crippen LogP contribution in [0.1, 0.15) is 57.1 Å². The molecule has 11 heteroatoms. The summed E-state index contributed by atoms with van der Waals surface area (Å²) in [6.07, 6.45) is 8.48. The molecule has 184 valence electrons. The number of amides is 1. The highest BCUT2D eigenvalue weighted by molar-refractivity contribution is 5.70. The highest BCUT2D eigenvalue weighted by Gasteiger charge is 2.29. The van der Waals surface area contributed by atoms with Gasteiger partial charge < -0.3 is 19.5 Å². The van der Waals surface area contributed by atoms with Crippen LogP contribution in [-0.4, -0.2) is 61.0 Å². The van der Waals surface area contributed by atoms with E-state index < -0.39 is 30.0 Å². The summed E-state index contributed by atoms with van der Waals surface area (Å²) in [5.41, 5.74) is 1.30. The Bertz CT molecular complexity index is 1040. The van der Waals surface area contributed by atoms with E-state index in [0.717, 1.165) is 25.7 Å². The Balaban J connectivity index is 1.43. The van der Waals surface area contributed by atoms with Crippen LogP contribution in [0.25, 0.3) is 11.3 Å². The second kappa shape index (κ2) is 10.4. The van der Waals surface area contributed by atoms with Crippen molar-refractivity contribution < 1.29 is 28.6 Å². The number of carboxylic acid groups (broad SMARTS) is 1. The van der Waals surface area contributed by atoms with Crippen LogP contribution in [0.3, 0.4) is 0 Å². The van der Waals surface area contributed by atoms with Crippen LogP contribution in [0.15, 0.2) is 12.4 Å². The van der Waals surface area contributed by atoms with Gasteiger partial charge in [0.25, 0.3) is 11.8 Å². The lowest BCUT2D eigenvalue weighted by atomic mass is 9.87. The summed E-state index contributed by atoms with van der Waals surface area (Å²) in [7, 11) is 3.45.